The number of nitrogens with one attached hydrogen (secondary N) is 1. The molecule has 3 unspecified atom stereocenters. The third-order valence-electron chi connectivity index (χ3n) is 5.86. The molecule has 9 heteroatoms. The molecule has 5 N–H and O–H groups in total. The van der Waals surface area contributed by atoms with E-state index in [0.717, 1.165) is 32.1 Å². The Morgan fingerprint density at radius 3 is 2.23 bits per heavy atom. The van der Waals surface area contributed by atoms with E-state index < -0.39 is 47.6 Å². The number of aliphatic hydroxyl groups excluding tert-OH is 1. The topological polar surface area (TPSA) is 130 Å². The van der Waals surface area contributed by atoms with Gasteiger partial charge >= 0.3 is 189 Å². The molecule has 1 aliphatic carbocycles. The second-order valence-corrected chi connectivity index (χ2v) is 13.3. The van der Waals surface area contributed by atoms with Crippen LogP contribution in [-0.4, -0.2) is 60.1 Å². The maximum absolute atomic E-state index is 12.8. The maximum atomic E-state index is 12.8. The van der Waals surface area contributed by atoms with E-state index in [2.05, 4.69) is 5.32 Å². The number of aliphatic hydroxyl groups is 1. The van der Waals surface area contributed by atoms with Gasteiger partial charge < -0.3 is 0 Å². The molecule has 1 fully saturated rings. The van der Waals surface area contributed by atoms with Gasteiger partial charge in [-0.3, -0.25) is 0 Å². The predicted octanol–water partition coefficient (Wildman–Crippen LogP) is 2.32. The van der Waals surface area contributed by atoms with Crippen LogP contribution in [0.25, 0.3) is 0 Å². The van der Waals surface area contributed by atoms with E-state index in [1.807, 2.05) is 27.7 Å². The third-order valence-corrected chi connectivity index (χ3v) is 9.94. The molecule has 1 rings (SSSR count). The van der Waals surface area contributed by atoms with E-state index >= 15 is 0 Å². The molecule has 0 aliphatic heterocycles. The minimum atomic E-state index is -2.35. The molecule has 0 aromatic rings. The Kier molecular flexibility index (Phi) is 12.9. The Morgan fingerprint density at radius 1 is 1.13 bits per heavy atom. The molecular formula is C21H41AsN2O5P+. The van der Waals surface area contributed by atoms with Crippen LogP contribution in [0, 0.1) is 17.8 Å². The van der Waals surface area contributed by atoms with E-state index in [1.54, 1.807) is 0 Å². The van der Waals surface area contributed by atoms with Crippen molar-refractivity contribution in [3.63, 3.8) is 0 Å². The fraction of sp³-hybridized carbons (Fsp3) is 0.905. The van der Waals surface area contributed by atoms with Gasteiger partial charge in [0.25, 0.3) is 0 Å². The molecule has 174 valence electrons. The summed E-state index contributed by atoms with van der Waals surface area (Å²) in [6, 6.07) is -1.23. The number of hydrogen-bond donors (Lipinski definition) is 4. The summed E-state index contributed by atoms with van der Waals surface area (Å²) in [4.78, 5) is 34.9. The van der Waals surface area contributed by atoms with Crippen LogP contribution >= 0.6 is 8.03 Å². The molecule has 0 saturated heterocycles. The Bertz CT molecular complexity index is 570. The zero-order valence-electron chi connectivity index (χ0n) is 18.8. The number of rotatable bonds is 13. The third kappa shape index (κ3) is 9.87. The van der Waals surface area contributed by atoms with E-state index in [9.17, 15) is 24.2 Å². The normalized spacial score (nSPS) is 20.4. The van der Waals surface area contributed by atoms with Gasteiger partial charge in [0.2, 0.25) is 0 Å². The zero-order valence-corrected chi connectivity index (χ0v) is 21.8. The van der Waals surface area contributed by atoms with Crippen molar-refractivity contribution >= 4 is 34.3 Å². The summed E-state index contributed by atoms with van der Waals surface area (Å²) in [5, 5.41) is 13.7. The summed E-state index contributed by atoms with van der Waals surface area (Å²) in [6.07, 6.45) is 5.25. The van der Waals surface area contributed by atoms with Gasteiger partial charge in [-0.2, -0.15) is 0 Å². The Hall–Kier alpha value is -0.322. The van der Waals surface area contributed by atoms with Crippen LogP contribution in [0.3, 0.4) is 0 Å². The van der Waals surface area contributed by atoms with E-state index in [-0.39, 0.29) is 34.7 Å². The Morgan fingerprint density at radius 2 is 1.73 bits per heavy atom. The van der Waals surface area contributed by atoms with Crippen LogP contribution in [0.15, 0.2) is 0 Å². The summed E-state index contributed by atoms with van der Waals surface area (Å²) in [5.41, 5.74) is 5.51. The number of amides is 1. The molecule has 0 radical (unpaired) electrons. The first-order valence-corrected chi connectivity index (χ1v) is 15.0. The quantitative estimate of drug-likeness (QED) is 0.224. The van der Waals surface area contributed by atoms with E-state index in [4.69, 9.17) is 5.73 Å². The van der Waals surface area contributed by atoms with Gasteiger partial charge in [-0.25, -0.2) is 0 Å². The van der Waals surface area contributed by atoms with Crippen molar-refractivity contribution in [3.8, 4) is 0 Å². The van der Waals surface area contributed by atoms with Gasteiger partial charge in [0.05, 0.1) is 0 Å². The van der Waals surface area contributed by atoms with Gasteiger partial charge in [-0.15, -0.1) is 0 Å². The average molecular weight is 507 g/mol. The van der Waals surface area contributed by atoms with Gasteiger partial charge in [-0.1, -0.05) is 0 Å². The van der Waals surface area contributed by atoms with Gasteiger partial charge in [0.15, 0.2) is 0 Å². The van der Waals surface area contributed by atoms with Gasteiger partial charge in [-0.05, 0) is 0 Å². The van der Waals surface area contributed by atoms with Gasteiger partial charge in [0.1, 0.15) is 0 Å². The molecule has 0 bridgehead atoms. The molecule has 0 aromatic carbocycles. The van der Waals surface area contributed by atoms with Crippen LogP contribution < -0.4 is 11.1 Å². The molecular weight excluding hydrogens is 466 g/mol. The summed E-state index contributed by atoms with van der Waals surface area (Å²) in [5.74, 6) is 0.0870. The van der Waals surface area contributed by atoms with E-state index in [0.29, 0.717) is 11.6 Å². The first kappa shape index (κ1) is 27.7. The summed E-state index contributed by atoms with van der Waals surface area (Å²) < 4.78 is 11.9. The van der Waals surface area contributed by atoms with Crippen molar-refractivity contribution in [3.05, 3.63) is 0 Å². The van der Waals surface area contributed by atoms with Crippen LogP contribution in [0.4, 0.5) is 0 Å². The van der Waals surface area contributed by atoms with Gasteiger partial charge in [0, 0.05) is 0 Å². The fourth-order valence-corrected chi connectivity index (χ4v) is 7.22. The number of nitrogens with two attached hydrogens (primary N) is 1. The average Bonchev–Trinajstić information content (AvgIpc) is 2.68. The Balaban J connectivity index is 2.63. The molecule has 1 aliphatic rings. The summed E-state index contributed by atoms with van der Waals surface area (Å²) in [6.45, 7) is 7.72. The standard InChI is InChI=1S/C21H40AsN2O5P/c1-13(2)10-17(24-21(27)19(23)14(3)4)20(26)22-12-16(25)11-18(30(28)29)15-8-6-5-7-9-15/h13-19,22,25H,5-12,23H2,1-4H3,(H-,24,27,28,29)/p+1/t16-,17+,18?,19+/m1/s1. The first-order chi connectivity index (χ1) is 14.0. The van der Waals surface area contributed by atoms with Crippen LogP contribution in [-0.2, 0) is 14.2 Å². The molecule has 7 nitrogen and oxygen atoms in total. The molecule has 0 spiro atoms. The van der Waals surface area contributed by atoms with Crippen molar-refractivity contribution in [2.75, 3.05) is 0 Å². The van der Waals surface area contributed by atoms with Crippen molar-refractivity contribution in [2.24, 2.45) is 23.5 Å². The molecule has 0 heterocycles. The predicted molar refractivity (Wildman–Crippen MR) is 122 cm³/mol. The minimum absolute atomic E-state index is 0.00495. The SMILES string of the molecule is CC(C)C[C@H](NC(=O)[C@@H](N)C(C)C)C(=O)[AsH]C[C@H](O)CC(C1CCCCC1)[P+](=O)O. The molecule has 1 saturated carbocycles. The van der Waals surface area contributed by atoms with E-state index in [1.165, 1.54) is 0 Å². The summed E-state index contributed by atoms with van der Waals surface area (Å²) in [7, 11) is -2.35. The monoisotopic (exact) mass is 507 g/mol. The van der Waals surface area contributed by atoms with Crippen molar-refractivity contribution in [1.29, 1.82) is 0 Å². The van der Waals surface area contributed by atoms with Crippen LogP contribution in [0.5, 0.6) is 0 Å². The molecule has 1 amide bonds. The van der Waals surface area contributed by atoms with Crippen LogP contribution in [0.1, 0.15) is 72.6 Å². The number of hydrogen-bond acceptors (Lipinski definition) is 5. The van der Waals surface area contributed by atoms with Crippen molar-refractivity contribution in [1.82, 2.24) is 5.32 Å². The second-order valence-electron chi connectivity index (χ2n) is 9.36. The molecule has 6 atom stereocenters. The number of carbonyl (C=O) groups is 2. The fourth-order valence-electron chi connectivity index (χ4n) is 3.96. The van der Waals surface area contributed by atoms with Crippen LogP contribution in [0.2, 0.25) is 5.21 Å². The summed E-state index contributed by atoms with van der Waals surface area (Å²) >= 11 is -1.16. The van der Waals surface area contributed by atoms with Crippen molar-refractivity contribution in [2.45, 2.75) is 102 Å². The number of carbonyl (C=O) groups excluding carboxylic acids is 2. The first-order valence-electron chi connectivity index (χ1n) is 11.2. The Labute approximate surface area is 188 Å². The van der Waals surface area contributed by atoms with Crippen molar-refractivity contribution < 1.29 is 24.2 Å². The second kappa shape index (κ2) is 14.0. The zero-order chi connectivity index (χ0) is 22.8. The molecule has 30 heavy (non-hydrogen) atoms. The molecule has 0 aromatic heterocycles.